The lowest BCUT2D eigenvalue weighted by Gasteiger charge is -2.22. The molecule has 0 aliphatic carbocycles. The number of aromatic nitrogens is 4. The molecule has 6 heteroatoms. The Labute approximate surface area is 165 Å². The normalized spacial score (nSPS) is 11.3. The van der Waals surface area contributed by atoms with Gasteiger partial charge in [0.15, 0.2) is 5.82 Å². The van der Waals surface area contributed by atoms with Crippen LogP contribution in [0.5, 0.6) is 0 Å². The first-order valence-electron chi connectivity index (χ1n) is 9.91. The molecule has 0 saturated carbocycles. The molecule has 0 bridgehead atoms. The third-order valence-corrected chi connectivity index (χ3v) is 5.20. The Kier molecular flexibility index (Phi) is 4.86. The zero-order valence-electron chi connectivity index (χ0n) is 16.9. The molecule has 0 unspecified atom stereocenters. The zero-order chi connectivity index (χ0) is 19.7. The van der Waals surface area contributed by atoms with E-state index in [-0.39, 0.29) is 0 Å². The maximum absolute atomic E-state index is 4.83. The molecule has 0 radical (unpaired) electrons. The van der Waals surface area contributed by atoms with Gasteiger partial charge in [0.05, 0.1) is 11.0 Å². The van der Waals surface area contributed by atoms with Crippen molar-refractivity contribution in [3.63, 3.8) is 0 Å². The largest absolute Gasteiger partial charge is 0.372 e. The Morgan fingerprint density at radius 2 is 1.79 bits per heavy atom. The second-order valence-electron chi connectivity index (χ2n) is 6.87. The lowest BCUT2D eigenvalue weighted by atomic mass is 10.1. The Morgan fingerprint density at radius 3 is 2.50 bits per heavy atom. The molecule has 0 saturated heterocycles. The highest BCUT2D eigenvalue weighted by molar-refractivity contribution is 5.84. The van der Waals surface area contributed by atoms with Crippen molar-refractivity contribution < 1.29 is 0 Å². The zero-order valence-corrected chi connectivity index (χ0v) is 16.9. The fourth-order valence-electron chi connectivity index (χ4n) is 3.66. The number of anilines is 3. The minimum Gasteiger partial charge on any atom is -0.372 e. The Morgan fingerprint density at radius 1 is 1.00 bits per heavy atom. The summed E-state index contributed by atoms with van der Waals surface area (Å²) in [7, 11) is 0. The summed E-state index contributed by atoms with van der Waals surface area (Å²) in [6, 6.07) is 14.6. The van der Waals surface area contributed by atoms with Crippen molar-refractivity contribution in [2.75, 3.05) is 23.3 Å². The van der Waals surface area contributed by atoms with Crippen LogP contribution in [0.2, 0.25) is 0 Å². The fraction of sp³-hybridized carbons (Fsp3) is 0.318. The van der Waals surface area contributed by atoms with E-state index in [0.29, 0.717) is 0 Å². The van der Waals surface area contributed by atoms with Crippen LogP contribution >= 0.6 is 0 Å². The summed E-state index contributed by atoms with van der Waals surface area (Å²) in [4.78, 5) is 7.17. The molecule has 6 nitrogen and oxygen atoms in total. The first-order valence-corrected chi connectivity index (χ1v) is 9.91. The van der Waals surface area contributed by atoms with E-state index < -0.39 is 0 Å². The van der Waals surface area contributed by atoms with Gasteiger partial charge in [-0.05, 0) is 56.7 Å². The maximum Gasteiger partial charge on any atom is 0.204 e. The summed E-state index contributed by atoms with van der Waals surface area (Å²) in [5.74, 6) is 1.66. The number of aryl methyl sites for hydroxylation is 2. The van der Waals surface area contributed by atoms with Gasteiger partial charge in [-0.3, -0.25) is 4.40 Å². The third kappa shape index (κ3) is 3.05. The summed E-state index contributed by atoms with van der Waals surface area (Å²) in [6.07, 6.45) is 0.812. The van der Waals surface area contributed by atoms with Gasteiger partial charge in [0.1, 0.15) is 5.82 Å². The van der Waals surface area contributed by atoms with Crippen LogP contribution in [-0.2, 0) is 6.42 Å². The van der Waals surface area contributed by atoms with Crippen LogP contribution in [0, 0.1) is 6.92 Å². The summed E-state index contributed by atoms with van der Waals surface area (Å²) in [6.45, 7) is 10.6. The molecule has 0 atom stereocenters. The van der Waals surface area contributed by atoms with Crippen LogP contribution in [-0.4, -0.2) is 32.7 Å². The van der Waals surface area contributed by atoms with E-state index in [9.17, 15) is 0 Å². The molecular formula is C22H26N6. The van der Waals surface area contributed by atoms with E-state index in [4.69, 9.17) is 4.98 Å². The lowest BCUT2D eigenvalue weighted by Crippen LogP contribution is -2.21. The Bertz CT molecular complexity index is 1130. The van der Waals surface area contributed by atoms with Gasteiger partial charge in [0.2, 0.25) is 5.65 Å². The first kappa shape index (κ1) is 18.2. The molecule has 0 amide bonds. The molecule has 2 aromatic carbocycles. The van der Waals surface area contributed by atoms with Crippen molar-refractivity contribution in [3.05, 3.63) is 53.9 Å². The highest BCUT2D eigenvalue weighted by atomic mass is 15.3. The van der Waals surface area contributed by atoms with Crippen molar-refractivity contribution in [1.29, 1.82) is 0 Å². The molecule has 2 heterocycles. The SMILES string of the molecule is CCc1nnc2c(Nc3ccc(N(CC)CC)cc3C)nc3ccccc3n12. The van der Waals surface area contributed by atoms with Gasteiger partial charge >= 0.3 is 0 Å². The number of nitrogens with zero attached hydrogens (tertiary/aromatic N) is 5. The fourth-order valence-corrected chi connectivity index (χ4v) is 3.66. The van der Waals surface area contributed by atoms with Crippen LogP contribution < -0.4 is 10.2 Å². The number of fused-ring (bicyclic) bond motifs is 3. The topological polar surface area (TPSA) is 58.4 Å². The van der Waals surface area contributed by atoms with E-state index in [2.05, 4.69) is 76.8 Å². The van der Waals surface area contributed by atoms with Crippen LogP contribution in [0.4, 0.5) is 17.2 Å². The van der Waals surface area contributed by atoms with Crippen LogP contribution in [0.25, 0.3) is 16.7 Å². The number of benzene rings is 2. The standard InChI is InChI=1S/C22H26N6/c1-5-20-25-26-22-21(24-18-10-8-9-11-19(18)28(20)22)23-17-13-12-16(14-15(17)4)27(6-2)7-3/h8-14H,5-7H2,1-4H3,(H,23,24). The summed E-state index contributed by atoms with van der Waals surface area (Å²) in [5, 5.41) is 12.3. The lowest BCUT2D eigenvalue weighted by molar-refractivity contribution is 0.866. The van der Waals surface area contributed by atoms with Crippen molar-refractivity contribution in [2.24, 2.45) is 0 Å². The van der Waals surface area contributed by atoms with E-state index in [1.165, 1.54) is 11.3 Å². The van der Waals surface area contributed by atoms with Crippen molar-refractivity contribution in [2.45, 2.75) is 34.1 Å². The molecule has 4 rings (SSSR count). The second kappa shape index (κ2) is 7.46. The van der Waals surface area contributed by atoms with E-state index in [1.807, 2.05) is 18.2 Å². The average molecular weight is 374 g/mol. The van der Waals surface area contributed by atoms with Crippen molar-refractivity contribution in [3.8, 4) is 0 Å². The molecular weight excluding hydrogens is 348 g/mol. The van der Waals surface area contributed by atoms with Gasteiger partial charge in [-0.2, -0.15) is 0 Å². The quantitative estimate of drug-likeness (QED) is 0.528. The first-order chi connectivity index (χ1) is 13.7. The number of para-hydroxylation sites is 2. The third-order valence-electron chi connectivity index (χ3n) is 5.20. The molecule has 4 aromatic rings. The minimum absolute atomic E-state index is 0.726. The highest BCUT2D eigenvalue weighted by Crippen LogP contribution is 2.28. The number of hydrogen-bond donors (Lipinski definition) is 1. The van der Waals surface area contributed by atoms with Crippen molar-refractivity contribution in [1.82, 2.24) is 19.6 Å². The van der Waals surface area contributed by atoms with Crippen LogP contribution in [0.1, 0.15) is 32.2 Å². The van der Waals surface area contributed by atoms with Crippen LogP contribution in [0.3, 0.4) is 0 Å². The molecule has 0 fully saturated rings. The predicted molar refractivity (Wildman–Crippen MR) is 116 cm³/mol. The second-order valence-corrected chi connectivity index (χ2v) is 6.87. The van der Waals surface area contributed by atoms with Crippen molar-refractivity contribution >= 4 is 33.9 Å². The summed E-state index contributed by atoms with van der Waals surface area (Å²) in [5.41, 5.74) is 6.14. The smallest absolute Gasteiger partial charge is 0.204 e. The van der Waals surface area contributed by atoms with E-state index in [0.717, 1.165) is 53.5 Å². The van der Waals surface area contributed by atoms with Gasteiger partial charge in [0, 0.05) is 30.9 Å². The molecule has 0 aliphatic heterocycles. The van der Waals surface area contributed by atoms with Gasteiger partial charge < -0.3 is 10.2 Å². The molecule has 144 valence electrons. The molecule has 0 spiro atoms. The molecule has 28 heavy (non-hydrogen) atoms. The highest BCUT2D eigenvalue weighted by Gasteiger charge is 2.15. The monoisotopic (exact) mass is 374 g/mol. The van der Waals surface area contributed by atoms with Crippen LogP contribution in [0.15, 0.2) is 42.5 Å². The molecule has 0 aliphatic rings. The predicted octanol–water partition coefficient (Wildman–Crippen LogP) is 4.74. The summed E-state index contributed by atoms with van der Waals surface area (Å²) < 4.78 is 2.10. The Balaban J connectivity index is 1.80. The minimum atomic E-state index is 0.726. The van der Waals surface area contributed by atoms with E-state index in [1.54, 1.807) is 0 Å². The molecule has 2 aromatic heterocycles. The van der Waals surface area contributed by atoms with Gasteiger partial charge in [0.25, 0.3) is 0 Å². The number of rotatable bonds is 6. The summed E-state index contributed by atoms with van der Waals surface area (Å²) >= 11 is 0. The van der Waals surface area contributed by atoms with Gasteiger partial charge in [-0.15, -0.1) is 10.2 Å². The maximum atomic E-state index is 4.83. The Hall–Kier alpha value is -3.15. The number of hydrogen-bond acceptors (Lipinski definition) is 5. The van der Waals surface area contributed by atoms with Gasteiger partial charge in [-0.1, -0.05) is 19.1 Å². The molecule has 1 N–H and O–H groups in total. The van der Waals surface area contributed by atoms with Gasteiger partial charge in [-0.25, -0.2) is 4.98 Å². The average Bonchev–Trinajstić information content (AvgIpc) is 3.16. The number of nitrogens with one attached hydrogen (secondary N) is 1. The van der Waals surface area contributed by atoms with E-state index >= 15 is 0 Å².